The number of pyridine rings is 1. The lowest BCUT2D eigenvalue weighted by molar-refractivity contribution is 0.290. The van der Waals surface area contributed by atoms with Crippen molar-refractivity contribution in [3.05, 3.63) is 40.5 Å². The fraction of sp³-hybridized carbons (Fsp3) is 0.450. The Balaban J connectivity index is 1.61. The topological polar surface area (TPSA) is 56.1 Å². The SMILES string of the molecule is CCN(CC)Cc1cccnc1Oc1ccc2c(nnn2CC2CC2)c1Br. The molecular formula is C20H24BrN5O. The minimum atomic E-state index is 0.634. The molecule has 2 aromatic heterocycles. The molecule has 0 amide bonds. The predicted molar refractivity (Wildman–Crippen MR) is 109 cm³/mol. The molecule has 0 N–H and O–H groups in total. The highest BCUT2D eigenvalue weighted by Crippen LogP contribution is 2.37. The summed E-state index contributed by atoms with van der Waals surface area (Å²) in [4.78, 5) is 6.80. The summed E-state index contributed by atoms with van der Waals surface area (Å²) in [6.07, 6.45) is 4.34. The van der Waals surface area contributed by atoms with Gasteiger partial charge in [-0.2, -0.15) is 0 Å². The van der Waals surface area contributed by atoms with Gasteiger partial charge < -0.3 is 4.74 Å². The van der Waals surface area contributed by atoms with Crippen LogP contribution in [0.4, 0.5) is 0 Å². The average molecular weight is 430 g/mol. The van der Waals surface area contributed by atoms with Crippen LogP contribution in [0, 0.1) is 5.92 Å². The number of aromatic nitrogens is 4. The number of halogens is 1. The highest BCUT2D eigenvalue weighted by molar-refractivity contribution is 9.10. The molecule has 142 valence electrons. The van der Waals surface area contributed by atoms with Crippen LogP contribution in [0.2, 0.25) is 0 Å². The molecule has 1 aromatic carbocycles. The van der Waals surface area contributed by atoms with Crippen molar-refractivity contribution in [1.82, 2.24) is 24.9 Å². The zero-order valence-corrected chi connectivity index (χ0v) is 17.3. The van der Waals surface area contributed by atoms with Crippen LogP contribution in [0.5, 0.6) is 11.6 Å². The van der Waals surface area contributed by atoms with E-state index in [4.69, 9.17) is 4.74 Å². The van der Waals surface area contributed by atoms with Crippen LogP contribution in [0.1, 0.15) is 32.3 Å². The van der Waals surface area contributed by atoms with E-state index in [0.717, 1.165) is 53.2 Å². The largest absolute Gasteiger partial charge is 0.437 e. The Morgan fingerprint density at radius 1 is 1.22 bits per heavy atom. The summed E-state index contributed by atoms with van der Waals surface area (Å²) in [7, 11) is 0. The molecule has 1 aliphatic rings. The van der Waals surface area contributed by atoms with Crippen LogP contribution in [0.3, 0.4) is 0 Å². The van der Waals surface area contributed by atoms with E-state index in [1.165, 1.54) is 12.8 Å². The van der Waals surface area contributed by atoms with Gasteiger partial charge in [-0.3, -0.25) is 4.90 Å². The van der Waals surface area contributed by atoms with Crippen molar-refractivity contribution in [2.45, 2.75) is 39.8 Å². The Hall–Kier alpha value is -1.99. The summed E-state index contributed by atoms with van der Waals surface area (Å²) < 4.78 is 8.99. The number of ether oxygens (including phenoxy) is 1. The minimum Gasteiger partial charge on any atom is -0.437 e. The number of nitrogens with zero attached hydrogens (tertiary/aromatic N) is 5. The molecule has 1 aliphatic carbocycles. The van der Waals surface area contributed by atoms with Gasteiger partial charge in [0, 0.05) is 24.8 Å². The molecule has 0 atom stereocenters. The Bertz CT molecular complexity index is 933. The molecule has 0 bridgehead atoms. The predicted octanol–water partition coefficient (Wildman–Crippen LogP) is 4.63. The molecule has 0 radical (unpaired) electrons. The molecule has 3 aromatic rings. The van der Waals surface area contributed by atoms with E-state index in [0.29, 0.717) is 11.6 Å². The highest BCUT2D eigenvalue weighted by atomic mass is 79.9. The lowest BCUT2D eigenvalue weighted by Gasteiger charge is -2.19. The Morgan fingerprint density at radius 2 is 2.04 bits per heavy atom. The Kier molecular flexibility index (Phi) is 5.41. The van der Waals surface area contributed by atoms with Crippen LogP contribution < -0.4 is 4.74 Å². The third kappa shape index (κ3) is 3.99. The van der Waals surface area contributed by atoms with Gasteiger partial charge in [0.15, 0.2) is 0 Å². The number of hydrogen-bond acceptors (Lipinski definition) is 5. The van der Waals surface area contributed by atoms with Crippen LogP contribution >= 0.6 is 15.9 Å². The second kappa shape index (κ2) is 7.94. The lowest BCUT2D eigenvalue weighted by Crippen LogP contribution is -2.22. The van der Waals surface area contributed by atoms with E-state index in [1.807, 2.05) is 22.9 Å². The molecule has 1 saturated carbocycles. The van der Waals surface area contributed by atoms with Gasteiger partial charge >= 0.3 is 0 Å². The van der Waals surface area contributed by atoms with Crippen LogP contribution in [-0.4, -0.2) is 38.0 Å². The Morgan fingerprint density at radius 3 is 2.78 bits per heavy atom. The first-order valence-corrected chi connectivity index (χ1v) is 10.3. The van der Waals surface area contributed by atoms with E-state index in [-0.39, 0.29) is 0 Å². The van der Waals surface area contributed by atoms with Crippen LogP contribution in [0.25, 0.3) is 11.0 Å². The Labute approximate surface area is 167 Å². The smallest absolute Gasteiger partial charge is 0.223 e. The summed E-state index contributed by atoms with van der Waals surface area (Å²) >= 11 is 3.66. The summed E-state index contributed by atoms with van der Waals surface area (Å²) in [5.41, 5.74) is 2.94. The molecule has 2 heterocycles. The summed E-state index contributed by atoms with van der Waals surface area (Å²) in [6.45, 7) is 8.06. The monoisotopic (exact) mass is 429 g/mol. The molecule has 6 nitrogen and oxygen atoms in total. The first kappa shape index (κ1) is 18.4. The highest BCUT2D eigenvalue weighted by Gasteiger charge is 2.24. The third-order valence-corrected chi connectivity index (χ3v) is 5.83. The normalized spacial score (nSPS) is 14.2. The van der Waals surface area contributed by atoms with Gasteiger partial charge in [0.05, 0.1) is 9.99 Å². The van der Waals surface area contributed by atoms with Crippen molar-refractivity contribution >= 4 is 27.0 Å². The quantitative estimate of drug-likeness (QED) is 0.522. The van der Waals surface area contributed by atoms with Gasteiger partial charge in [-0.15, -0.1) is 5.10 Å². The molecule has 0 spiro atoms. The van der Waals surface area contributed by atoms with Crippen molar-refractivity contribution in [2.24, 2.45) is 5.92 Å². The van der Waals surface area contributed by atoms with Gasteiger partial charge in [0.25, 0.3) is 0 Å². The van der Waals surface area contributed by atoms with Gasteiger partial charge in [0.2, 0.25) is 5.88 Å². The molecule has 1 fully saturated rings. The van der Waals surface area contributed by atoms with Crippen molar-refractivity contribution in [2.75, 3.05) is 13.1 Å². The summed E-state index contributed by atoms with van der Waals surface area (Å²) in [5.74, 6) is 2.09. The number of fused-ring (bicyclic) bond motifs is 1. The maximum absolute atomic E-state index is 6.18. The molecule has 4 rings (SSSR count). The maximum Gasteiger partial charge on any atom is 0.223 e. The molecular weight excluding hydrogens is 406 g/mol. The lowest BCUT2D eigenvalue weighted by atomic mass is 10.2. The third-order valence-electron chi connectivity index (χ3n) is 5.06. The zero-order valence-electron chi connectivity index (χ0n) is 15.7. The first-order chi connectivity index (χ1) is 13.2. The van der Waals surface area contributed by atoms with Gasteiger partial charge in [-0.1, -0.05) is 25.1 Å². The van der Waals surface area contributed by atoms with E-state index in [9.17, 15) is 0 Å². The first-order valence-electron chi connectivity index (χ1n) is 9.55. The fourth-order valence-corrected chi connectivity index (χ4v) is 3.67. The van der Waals surface area contributed by atoms with Crippen molar-refractivity contribution in [3.8, 4) is 11.6 Å². The van der Waals surface area contributed by atoms with Crippen molar-refractivity contribution < 1.29 is 4.74 Å². The molecule has 0 unspecified atom stereocenters. The second-order valence-electron chi connectivity index (χ2n) is 6.99. The second-order valence-corrected chi connectivity index (χ2v) is 7.78. The maximum atomic E-state index is 6.18. The van der Waals surface area contributed by atoms with Gasteiger partial charge in [0.1, 0.15) is 11.3 Å². The molecule has 0 saturated heterocycles. The van der Waals surface area contributed by atoms with Crippen LogP contribution in [0.15, 0.2) is 34.9 Å². The van der Waals surface area contributed by atoms with Crippen molar-refractivity contribution in [1.29, 1.82) is 0 Å². The van der Waals surface area contributed by atoms with E-state index < -0.39 is 0 Å². The summed E-state index contributed by atoms with van der Waals surface area (Å²) in [6, 6.07) is 8.02. The van der Waals surface area contributed by atoms with Crippen molar-refractivity contribution in [3.63, 3.8) is 0 Å². The number of benzene rings is 1. The van der Waals surface area contributed by atoms with E-state index >= 15 is 0 Å². The van der Waals surface area contributed by atoms with E-state index in [1.54, 1.807) is 6.20 Å². The zero-order chi connectivity index (χ0) is 18.8. The average Bonchev–Trinajstić information content (AvgIpc) is 3.41. The number of hydrogen-bond donors (Lipinski definition) is 0. The number of rotatable bonds is 8. The summed E-state index contributed by atoms with van der Waals surface area (Å²) in [5, 5.41) is 8.68. The molecule has 7 heteroatoms. The minimum absolute atomic E-state index is 0.634. The van der Waals surface area contributed by atoms with Gasteiger partial charge in [-0.05, 0) is 66.0 Å². The molecule has 0 aliphatic heterocycles. The standard InChI is InChI=1S/C20H24BrN5O/c1-3-25(4-2)13-15-6-5-11-22-20(15)27-17-10-9-16-19(18(17)21)23-24-26(16)12-14-7-8-14/h5-6,9-11,14H,3-4,7-8,12-13H2,1-2H3. The van der Waals surface area contributed by atoms with Crippen LogP contribution in [-0.2, 0) is 13.1 Å². The molecule has 27 heavy (non-hydrogen) atoms. The fourth-order valence-electron chi connectivity index (χ4n) is 3.17. The van der Waals surface area contributed by atoms with Gasteiger partial charge in [-0.25, -0.2) is 9.67 Å². The van der Waals surface area contributed by atoms with E-state index in [2.05, 4.69) is 56.0 Å².